The first-order valence-electron chi connectivity index (χ1n) is 8.71. The molecule has 11 nitrogen and oxygen atoms in total. The van der Waals surface area contributed by atoms with Crippen molar-refractivity contribution in [1.82, 2.24) is 15.1 Å². The van der Waals surface area contributed by atoms with E-state index in [1.54, 1.807) is 6.07 Å². The number of hydrogen-bond acceptors (Lipinski definition) is 7. The molecule has 0 fully saturated rings. The zero-order valence-electron chi connectivity index (χ0n) is 15.4. The van der Waals surface area contributed by atoms with Crippen LogP contribution in [0, 0.1) is 20.2 Å². The lowest BCUT2D eigenvalue weighted by atomic mass is 10.1. The minimum atomic E-state index is -0.817. The zero-order valence-corrected chi connectivity index (χ0v) is 15.4. The molecule has 0 radical (unpaired) electrons. The van der Waals surface area contributed by atoms with E-state index in [0.717, 1.165) is 23.8 Å². The number of nitrogens with zero attached hydrogens (tertiary/aromatic N) is 4. The summed E-state index contributed by atoms with van der Waals surface area (Å²) >= 11 is 0. The average Bonchev–Trinajstić information content (AvgIpc) is 2.75. The molecule has 0 saturated heterocycles. The summed E-state index contributed by atoms with van der Waals surface area (Å²) in [5.74, 6) is -0.742. The summed E-state index contributed by atoms with van der Waals surface area (Å²) in [7, 11) is 0. The molecule has 1 N–H and O–H groups in total. The Hall–Kier alpha value is -4.41. The molecule has 2 aromatic carbocycles. The summed E-state index contributed by atoms with van der Waals surface area (Å²) in [5, 5.41) is 28.6. The van der Waals surface area contributed by atoms with Gasteiger partial charge in [0.2, 0.25) is 0 Å². The molecule has 0 aliphatic rings. The third-order valence-electron chi connectivity index (χ3n) is 4.13. The van der Waals surface area contributed by atoms with Crippen molar-refractivity contribution in [1.29, 1.82) is 0 Å². The predicted octanol–water partition coefficient (Wildman–Crippen LogP) is 2.16. The lowest BCUT2D eigenvalue weighted by molar-refractivity contribution is -0.394. The summed E-state index contributed by atoms with van der Waals surface area (Å²) in [5.41, 5.74) is -0.329. The quantitative estimate of drug-likeness (QED) is 0.464. The monoisotopic (exact) mass is 409 g/mol. The Kier molecular flexibility index (Phi) is 5.92. The van der Waals surface area contributed by atoms with E-state index < -0.39 is 27.1 Å². The summed E-state index contributed by atoms with van der Waals surface area (Å²) < 4.78 is 1.18. The Labute approximate surface area is 168 Å². The lowest BCUT2D eigenvalue weighted by Gasteiger charge is -2.09. The normalized spacial score (nSPS) is 10.4. The van der Waals surface area contributed by atoms with Crippen molar-refractivity contribution in [3.63, 3.8) is 0 Å². The van der Waals surface area contributed by atoms with E-state index in [1.165, 1.54) is 10.7 Å². The fourth-order valence-corrected chi connectivity index (χ4v) is 2.69. The first-order chi connectivity index (χ1) is 14.3. The van der Waals surface area contributed by atoms with E-state index in [-0.39, 0.29) is 24.2 Å². The summed E-state index contributed by atoms with van der Waals surface area (Å²) in [6, 6.07) is 14.8. The molecule has 0 unspecified atom stereocenters. The van der Waals surface area contributed by atoms with Gasteiger partial charge < -0.3 is 5.32 Å². The number of carbonyl (C=O) groups excluding carboxylic acids is 1. The van der Waals surface area contributed by atoms with Gasteiger partial charge in [0, 0.05) is 30.3 Å². The van der Waals surface area contributed by atoms with E-state index in [0.29, 0.717) is 5.69 Å². The van der Waals surface area contributed by atoms with Crippen molar-refractivity contribution >= 4 is 17.3 Å². The molecule has 0 spiro atoms. The average molecular weight is 409 g/mol. The molecule has 1 aromatic heterocycles. The number of nitrogens with one attached hydrogen (secondary N) is 1. The summed E-state index contributed by atoms with van der Waals surface area (Å²) in [6.07, 6.45) is 0. The molecule has 152 valence electrons. The van der Waals surface area contributed by atoms with E-state index in [4.69, 9.17) is 0 Å². The molecule has 1 heterocycles. The third kappa shape index (κ3) is 4.70. The highest BCUT2D eigenvalue weighted by Gasteiger charge is 2.19. The van der Waals surface area contributed by atoms with Gasteiger partial charge in [0.15, 0.2) is 0 Å². The van der Waals surface area contributed by atoms with Crippen molar-refractivity contribution in [2.24, 2.45) is 0 Å². The van der Waals surface area contributed by atoms with E-state index in [9.17, 15) is 29.8 Å². The molecule has 0 saturated carbocycles. The minimum absolute atomic E-state index is 0.0134. The van der Waals surface area contributed by atoms with Crippen LogP contribution < -0.4 is 10.9 Å². The first kappa shape index (κ1) is 20.3. The van der Waals surface area contributed by atoms with E-state index >= 15 is 0 Å². The topological polar surface area (TPSA) is 150 Å². The number of nitro groups is 2. The number of hydrogen-bond donors (Lipinski definition) is 1. The lowest BCUT2D eigenvalue weighted by Crippen LogP contribution is -2.32. The number of rotatable bonds is 7. The van der Waals surface area contributed by atoms with Crippen LogP contribution in [0.1, 0.15) is 10.4 Å². The first-order valence-corrected chi connectivity index (χ1v) is 8.71. The fourth-order valence-electron chi connectivity index (χ4n) is 2.69. The van der Waals surface area contributed by atoms with Gasteiger partial charge in [-0.15, -0.1) is 0 Å². The van der Waals surface area contributed by atoms with Crippen LogP contribution in [0.2, 0.25) is 0 Å². The van der Waals surface area contributed by atoms with Gasteiger partial charge in [-0.05, 0) is 6.07 Å². The molecule has 0 bridgehead atoms. The van der Waals surface area contributed by atoms with Crippen molar-refractivity contribution in [2.75, 3.05) is 6.54 Å². The van der Waals surface area contributed by atoms with Crippen LogP contribution in [0.3, 0.4) is 0 Å². The molecule has 1 amide bonds. The zero-order chi connectivity index (χ0) is 21.7. The Morgan fingerprint density at radius 1 is 0.967 bits per heavy atom. The maximum absolute atomic E-state index is 12.3. The van der Waals surface area contributed by atoms with Crippen LogP contribution in [0.4, 0.5) is 11.4 Å². The van der Waals surface area contributed by atoms with Gasteiger partial charge in [-0.1, -0.05) is 30.3 Å². The Balaban J connectivity index is 1.73. The minimum Gasteiger partial charge on any atom is -0.350 e. The maximum atomic E-state index is 12.3. The number of carbonyl (C=O) groups is 1. The molecule has 0 aliphatic carbocycles. The van der Waals surface area contributed by atoms with Crippen LogP contribution >= 0.6 is 0 Å². The second-order valence-corrected chi connectivity index (χ2v) is 6.15. The van der Waals surface area contributed by atoms with Crippen LogP contribution in [0.25, 0.3) is 11.3 Å². The molecule has 0 aliphatic heterocycles. The highest BCUT2D eigenvalue weighted by molar-refractivity contribution is 5.95. The predicted molar refractivity (Wildman–Crippen MR) is 106 cm³/mol. The summed E-state index contributed by atoms with van der Waals surface area (Å²) in [4.78, 5) is 44.6. The second kappa shape index (κ2) is 8.73. The summed E-state index contributed by atoms with van der Waals surface area (Å²) in [6.45, 7) is 0.0305. The van der Waals surface area contributed by atoms with Gasteiger partial charge in [-0.25, -0.2) is 4.68 Å². The Morgan fingerprint density at radius 2 is 1.60 bits per heavy atom. The molecular weight excluding hydrogens is 394 g/mol. The maximum Gasteiger partial charge on any atom is 0.277 e. The van der Waals surface area contributed by atoms with Crippen molar-refractivity contribution < 1.29 is 14.6 Å². The van der Waals surface area contributed by atoms with E-state index in [1.807, 2.05) is 30.3 Å². The van der Waals surface area contributed by atoms with Crippen LogP contribution in [0.15, 0.2) is 65.5 Å². The highest BCUT2D eigenvalue weighted by atomic mass is 16.6. The van der Waals surface area contributed by atoms with Crippen LogP contribution in [-0.4, -0.2) is 32.1 Å². The van der Waals surface area contributed by atoms with Crippen molar-refractivity contribution in [3.8, 4) is 11.3 Å². The number of non-ortho nitro benzene ring substituents is 2. The molecule has 0 atom stereocenters. The smallest absolute Gasteiger partial charge is 0.277 e. The van der Waals surface area contributed by atoms with Gasteiger partial charge >= 0.3 is 0 Å². The number of amides is 1. The third-order valence-corrected chi connectivity index (χ3v) is 4.13. The number of aromatic nitrogens is 2. The number of benzene rings is 2. The Bertz CT molecular complexity index is 1140. The van der Waals surface area contributed by atoms with Gasteiger partial charge in [0.05, 0.1) is 33.7 Å². The van der Waals surface area contributed by atoms with E-state index in [2.05, 4.69) is 10.4 Å². The largest absolute Gasteiger partial charge is 0.350 e. The fraction of sp³-hybridized carbons (Fsp3) is 0.105. The second-order valence-electron chi connectivity index (χ2n) is 6.15. The molecule has 30 heavy (non-hydrogen) atoms. The van der Waals surface area contributed by atoms with Crippen LogP contribution in [-0.2, 0) is 6.54 Å². The SMILES string of the molecule is O=C(NCCn1nc(-c2ccccc2)ccc1=O)c1cc([N+](=O)[O-])cc([N+](=O)[O-])c1. The molecule has 3 rings (SSSR count). The Morgan fingerprint density at radius 3 is 2.20 bits per heavy atom. The van der Waals surface area contributed by atoms with Gasteiger partial charge in [0.1, 0.15) is 0 Å². The van der Waals surface area contributed by atoms with Crippen LogP contribution in [0.5, 0.6) is 0 Å². The van der Waals surface area contributed by atoms with Gasteiger partial charge in [0.25, 0.3) is 22.8 Å². The van der Waals surface area contributed by atoms with Crippen molar-refractivity contribution in [3.05, 3.63) is 96.8 Å². The molecule has 11 heteroatoms. The molecule has 3 aromatic rings. The molecular formula is C19H15N5O6. The standard InChI is InChI=1S/C19H15N5O6/c25-18-7-6-17(13-4-2-1-3-5-13)21-22(18)9-8-20-19(26)14-10-15(23(27)28)12-16(11-14)24(29)30/h1-7,10-12H,8-9H2,(H,20,26). The van der Waals surface area contributed by atoms with Gasteiger partial charge in [-0.3, -0.25) is 29.8 Å². The van der Waals surface area contributed by atoms with Gasteiger partial charge in [-0.2, -0.15) is 5.10 Å². The number of nitro benzene ring substituents is 2. The highest BCUT2D eigenvalue weighted by Crippen LogP contribution is 2.22. The van der Waals surface area contributed by atoms with Crippen molar-refractivity contribution in [2.45, 2.75) is 6.54 Å².